The van der Waals surface area contributed by atoms with Gasteiger partial charge >= 0.3 is 18.2 Å². The number of ether oxygens (including phenoxy) is 2. The fraction of sp³-hybridized carbons (Fsp3) is 0.727. The molecule has 0 radical (unpaired) electrons. The predicted molar refractivity (Wildman–Crippen MR) is 65.9 cm³/mol. The van der Waals surface area contributed by atoms with Crippen molar-refractivity contribution in [1.82, 2.24) is 15.0 Å². The van der Waals surface area contributed by atoms with Gasteiger partial charge < -0.3 is 14.8 Å². The zero-order valence-electron chi connectivity index (χ0n) is 11.3. The van der Waals surface area contributed by atoms with Gasteiger partial charge in [0.1, 0.15) is 0 Å². The molecule has 1 rings (SSSR count). The summed E-state index contributed by atoms with van der Waals surface area (Å²) in [4.78, 5) is 11.4. The van der Waals surface area contributed by atoms with E-state index >= 15 is 0 Å². The van der Waals surface area contributed by atoms with Crippen LogP contribution in [0, 0.1) is 0 Å². The first-order valence-electron chi connectivity index (χ1n) is 6.27. The molecule has 0 aliphatic carbocycles. The summed E-state index contributed by atoms with van der Waals surface area (Å²) in [5, 5.41) is 2.85. The van der Waals surface area contributed by atoms with Gasteiger partial charge in [-0.25, -0.2) is 0 Å². The molecular weight excluding hydrogens is 277 g/mol. The van der Waals surface area contributed by atoms with Crippen LogP contribution >= 0.6 is 0 Å². The van der Waals surface area contributed by atoms with Gasteiger partial charge in [-0.15, -0.1) is 4.98 Å². The van der Waals surface area contributed by atoms with E-state index in [1.165, 1.54) is 0 Å². The van der Waals surface area contributed by atoms with E-state index in [1.54, 1.807) is 0 Å². The van der Waals surface area contributed by atoms with Crippen molar-refractivity contribution in [2.45, 2.75) is 32.9 Å². The molecule has 0 bridgehead atoms. The number of aromatic nitrogens is 3. The van der Waals surface area contributed by atoms with Crippen LogP contribution in [0.15, 0.2) is 0 Å². The van der Waals surface area contributed by atoms with Crippen LogP contribution in [0.2, 0.25) is 0 Å². The Bertz CT molecular complexity index is 389. The van der Waals surface area contributed by atoms with Gasteiger partial charge in [0.2, 0.25) is 5.95 Å². The number of halogens is 3. The molecular formula is C11H17F3N4O2. The summed E-state index contributed by atoms with van der Waals surface area (Å²) in [5.74, 6) is 0.130. The van der Waals surface area contributed by atoms with Gasteiger partial charge in [-0.2, -0.15) is 23.1 Å². The van der Waals surface area contributed by atoms with Gasteiger partial charge in [0, 0.05) is 6.54 Å². The summed E-state index contributed by atoms with van der Waals surface area (Å²) < 4.78 is 46.0. The molecule has 0 aliphatic rings. The van der Waals surface area contributed by atoms with E-state index in [0.717, 1.165) is 12.8 Å². The van der Waals surface area contributed by atoms with Crippen molar-refractivity contribution in [3.8, 4) is 12.0 Å². The second-order valence-electron chi connectivity index (χ2n) is 3.90. The standard InChI is InChI=1S/C11H17F3N4O2/c1-3-5-15-8-16-9(19-6-4-2)18-10(17-8)20-7-11(12,13)14/h3-7H2,1-2H3,(H,15,16,17,18). The average Bonchev–Trinajstić information content (AvgIpc) is 2.40. The lowest BCUT2D eigenvalue weighted by molar-refractivity contribution is -0.154. The molecule has 0 unspecified atom stereocenters. The molecule has 1 heterocycles. The third-order valence-corrected chi connectivity index (χ3v) is 1.93. The number of nitrogens with one attached hydrogen (secondary N) is 1. The second-order valence-corrected chi connectivity index (χ2v) is 3.90. The molecule has 1 aromatic rings. The van der Waals surface area contributed by atoms with Crippen molar-refractivity contribution in [3.05, 3.63) is 0 Å². The molecule has 0 amide bonds. The van der Waals surface area contributed by atoms with Gasteiger partial charge in [-0.05, 0) is 12.8 Å². The smallest absolute Gasteiger partial charge is 0.422 e. The van der Waals surface area contributed by atoms with Crippen LogP contribution in [0.4, 0.5) is 19.1 Å². The molecule has 0 aromatic carbocycles. The molecule has 9 heteroatoms. The lowest BCUT2D eigenvalue weighted by atomic mass is 10.5. The molecule has 1 N–H and O–H groups in total. The Morgan fingerprint density at radius 1 is 1.00 bits per heavy atom. The topological polar surface area (TPSA) is 69.2 Å². The van der Waals surface area contributed by atoms with E-state index in [2.05, 4.69) is 25.0 Å². The molecule has 0 spiro atoms. The van der Waals surface area contributed by atoms with E-state index in [-0.39, 0.29) is 12.0 Å². The van der Waals surface area contributed by atoms with Crippen LogP contribution < -0.4 is 14.8 Å². The summed E-state index contributed by atoms with van der Waals surface area (Å²) in [5.41, 5.74) is 0. The number of rotatable bonds is 8. The first kappa shape index (κ1) is 16.3. The zero-order valence-corrected chi connectivity index (χ0v) is 11.3. The van der Waals surface area contributed by atoms with Gasteiger partial charge in [-0.3, -0.25) is 0 Å². The van der Waals surface area contributed by atoms with Crippen LogP contribution in [0.25, 0.3) is 0 Å². The number of hydrogen-bond donors (Lipinski definition) is 1. The fourth-order valence-electron chi connectivity index (χ4n) is 1.12. The molecule has 0 saturated carbocycles. The van der Waals surface area contributed by atoms with Crippen molar-refractivity contribution < 1.29 is 22.6 Å². The molecule has 0 saturated heterocycles. The van der Waals surface area contributed by atoms with Crippen molar-refractivity contribution in [2.24, 2.45) is 0 Å². The lowest BCUT2D eigenvalue weighted by Gasteiger charge is -2.10. The highest BCUT2D eigenvalue weighted by Crippen LogP contribution is 2.18. The van der Waals surface area contributed by atoms with Crippen LogP contribution in [-0.2, 0) is 0 Å². The maximum atomic E-state index is 12.1. The molecule has 0 atom stereocenters. The Hall–Kier alpha value is -1.80. The van der Waals surface area contributed by atoms with Crippen molar-refractivity contribution >= 4 is 5.95 Å². The first-order chi connectivity index (χ1) is 9.44. The number of anilines is 1. The average molecular weight is 294 g/mol. The van der Waals surface area contributed by atoms with Crippen molar-refractivity contribution in [2.75, 3.05) is 25.1 Å². The summed E-state index contributed by atoms with van der Waals surface area (Å²) in [7, 11) is 0. The van der Waals surface area contributed by atoms with Crippen molar-refractivity contribution in [1.29, 1.82) is 0 Å². The summed E-state index contributed by atoms with van der Waals surface area (Å²) >= 11 is 0. The Kier molecular flexibility index (Phi) is 6.26. The van der Waals surface area contributed by atoms with Crippen LogP contribution in [0.1, 0.15) is 26.7 Å². The third kappa shape index (κ3) is 6.39. The highest BCUT2D eigenvalue weighted by molar-refractivity contribution is 5.27. The fourth-order valence-corrected chi connectivity index (χ4v) is 1.12. The maximum absolute atomic E-state index is 12.1. The highest BCUT2D eigenvalue weighted by atomic mass is 19.4. The highest BCUT2D eigenvalue weighted by Gasteiger charge is 2.29. The van der Waals surface area contributed by atoms with E-state index in [4.69, 9.17) is 4.74 Å². The lowest BCUT2D eigenvalue weighted by Crippen LogP contribution is -2.21. The number of hydrogen-bond acceptors (Lipinski definition) is 6. The molecule has 114 valence electrons. The minimum atomic E-state index is -4.45. The largest absolute Gasteiger partial charge is 0.463 e. The summed E-state index contributed by atoms with van der Waals surface area (Å²) in [6.45, 7) is 3.30. The van der Waals surface area contributed by atoms with Gasteiger partial charge in [-0.1, -0.05) is 13.8 Å². The zero-order chi connectivity index (χ0) is 15.0. The Morgan fingerprint density at radius 3 is 2.20 bits per heavy atom. The second kappa shape index (κ2) is 7.71. The van der Waals surface area contributed by atoms with E-state index < -0.39 is 18.8 Å². The monoisotopic (exact) mass is 294 g/mol. The molecule has 0 aliphatic heterocycles. The Balaban J connectivity index is 2.79. The molecule has 1 aromatic heterocycles. The van der Waals surface area contributed by atoms with Gasteiger partial charge in [0.25, 0.3) is 0 Å². The summed E-state index contributed by atoms with van der Waals surface area (Å²) in [6.07, 6.45) is -2.91. The minimum Gasteiger partial charge on any atom is -0.463 e. The molecule has 20 heavy (non-hydrogen) atoms. The van der Waals surface area contributed by atoms with Crippen LogP contribution in [-0.4, -0.2) is 40.9 Å². The normalized spacial score (nSPS) is 11.2. The van der Waals surface area contributed by atoms with Gasteiger partial charge in [0.05, 0.1) is 6.61 Å². The Morgan fingerprint density at radius 2 is 1.65 bits per heavy atom. The number of nitrogens with zero attached hydrogens (tertiary/aromatic N) is 3. The predicted octanol–water partition coefficient (Wildman–Crippen LogP) is 2.42. The SMILES string of the molecule is CCCNc1nc(OCCC)nc(OCC(F)(F)F)n1. The minimum absolute atomic E-state index is 0.0578. The van der Waals surface area contributed by atoms with Crippen LogP contribution in [0.5, 0.6) is 12.0 Å². The molecule has 0 fully saturated rings. The maximum Gasteiger partial charge on any atom is 0.422 e. The summed E-state index contributed by atoms with van der Waals surface area (Å²) in [6, 6.07) is -0.473. The first-order valence-corrected chi connectivity index (χ1v) is 6.27. The van der Waals surface area contributed by atoms with E-state index in [1.807, 2.05) is 13.8 Å². The van der Waals surface area contributed by atoms with Gasteiger partial charge in [0.15, 0.2) is 6.61 Å². The van der Waals surface area contributed by atoms with Crippen molar-refractivity contribution in [3.63, 3.8) is 0 Å². The Labute approximate surface area is 114 Å². The van der Waals surface area contributed by atoms with E-state index in [0.29, 0.717) is 13.2 Å². The third-order valence-electron chi connectivity index (χ3n) is 1.93. The van der Waals surface area contributed by atoms with Crippen LogP contribution in [0.3, 0.4) is 0 Å². The number of alkyl halides is 3. The quantitative estimate of drug-likeness (QED) is 0.794. The van der Waals surface area contributed by atoms with E-state index in [9.17, 15) is 13.2 Å². The molecule has 6 nitrogen and oxygen atoms in total.